The van der Waals surface area contributed by atoms with Gasteiger partial charge in [0.15, 0.2) is 0 Å². The van der Waals surface area contributed by atoms with E-state index in [-0.39, 0.29) is 6.10 Å². The summed E-state index contributed by atoms with van der Waals surface area (Å²) in [5, 5.41) is 9.77. The third-order valence-corrected chi connectivity index (χ3v) is 2.52. The second kappa shape index (κ2) is 6.59. The van der Waals surface area contributed by atoms with Crippen LogP contribution in [0.4, 0.5) is 0 Å². The summed E-state index contributed by atoms with van der Waals surface area (Å²) >= 11 is 0. The Balaban J connectivity index is 2.37. The Morgan fingerprint density at radius 1 is 1.33 bits per heavy atom. The highest BCUT2D eigenvalue weighted by Crippen LogP contribution is 2.11. The van der Waals surface area contributed by atoms with Crippen molar-refractivity contribution in [2.45, 2.75) is 32.8 Å². The standard InChI is InChI=1S/C13H20O2/c1-3-15-9-8-13(14)10-12-7-5-4-6-11(12)2/h4-7,13-14H,3,8-10H2,1-2H3. The second-order valence-electron chi connectivity index (χ2n) is 3.77. The van der Waals surface area contributed by atoms with Crippen molar-refractivity contribution in [1.29, 1.82) is 0 Å². The normalized spacial score (nSPS) is 12.7. The van der Waals surface area contributed by atoms with Crippen LogP contribution >= 0.6 is 0 Å². The van der Waals surface area contributed by atoms with E-state index in [0.29, 0.717) is 13.0 Å². The van der Waals surface area contributed by atoms with E-state index in [9.17, 15) is 5.11 Å². The topological polar surface area (TPSA) is 29.5 Å². The van der Waals surface area contributed by atoms with Gasteiger partial charge >= 0.3 is 0 Å². The molecule has 0 heterocycles. The smallest absolute Gasteiger partial charge is 0.0602 e. The molecule has 0 bridgehead atoms. The van der Waals surface area contributed by atoms with Gasteiger partial charge in [-0.25, -0.2) is 0 Å². The molecule has 1 aromatic carbocycles. The van der Waals surface area contributed by atoms with E-state index >= 15 is 0 Å². The van der Waals surface area contributed by atoms with Crippen LogP contribution in [0.3, 0.4) is 0 Å². The molecular weight excluding hydrogens is 188 g/mol. The van der Waals surface area contributed by atoms with E-state index < -0.39 is 0 Å². The molecule has 1 atom stereocenters. The van der Waals surface area contributed by atoms with Crippen LogP contribution in [0.2, 0.25) is 0 Å². The first-order chi connectivity index (χ1) is 7.24. The first kappa shape index (κ1) is 12.2. The first-order valence-electron chi connectivity index (χ1n) is 5.54. The third kappa shape index (κ3) is 4.45. The second-order valence-corrected chi connectivity index (χ2v) is 3.77. The van der Waals surface area contributed by atoms with Crippen molar-refractivity contribution in [2.75, 3.05) is 13.2 Å². The number of aliphatic hydroxyl groups excluding tert-OH is 1. The molecule has 84 valence electrons. The van der Waals surface area contributed by atoms with E-state index in [4.69, 9.17) is 4.74 Å². The van der Waals surface area contributed by atoms with Crippen LogP contribution in [0.1, 0.15) is 24.5 Å². The molecule has 1 N–H and O–H groups in total. The third-order valence-electron chi connectivity index (χ3n) is 2.52. The molecule has 0 aliphatic carbocycles. The molecule has 0 aliphatic heterocycles. The number of aliphatic hydroxyl groups is 1. The predicted molar refractivity (Wildman–Crippen MR) is 62.0 cm³/mol. The maximum absolute atomic E-state index is 9.77. The number of ether oxygens (including phenoxy) is 1. The molecule has 0 saturated carbocycles. The Hall–Kier alpha value is -0.860. The van der Waals surface area contributed by atoms with Gasteiger partial charge in [0.2, 0.25) is 0 Å². The summed E-state index contributed by atoms with van der Waals surface area (Å²) in [4.78, 5) is 0. The summed E-state index contributed by atoms with van der Waals surface area (Å²) in [6, 6.07) is 8.17. The van der Waals surface area contributed by atoms with Gasteiger partial charge in [0.25, 0.3) is 0 Å². The van der Waals surface area contributed by atoms with Crippen molar-refractivity contribution < 1.29 is 9.84 Å². The molecule has 0 aromatic heterocycles. The fourth-order valence-corrected chi connectivity index (χ4v) is 1.56. The van der Waals surface area contributed by atoms with Crippen LogP contribution in [-0.2, 0) is 11.2 Å². The van der Waals surface area contributed by atoms with E-state index in [0.717, 1.165) is 13.0 Å². The van der Waals surface area contributed by atoms with Gasteiger partial charge in [-0.15, -0.1) is 0 Å². The van der Waals surface area contributed by atoms with Crippen molar-refractivity contribution in [2.24, 2.45) is 0 Å². The molecule has 0 fully saturated rings. The Morgan fingerprint density at radius 2 is 2.07 bits per heavy atom. The fraction of sp³-hybridized carbons (Fsp3) is 0.538. The van der Waals surface area contributed by atoms with Crippen LogP contribution in [-0.4, -0.2) is 24.4 Å². The molecule has 15 heavy (non-hydrogen) atoms. The lowest BCUT2D eigenvalue weighted by Crippen LogP contribution is -2.14. The summed E-state index contributed by atoms with van der Waals surface area (Å²) in [5.74, 6) is 0. The SMILES string of the molecule is CCOCCC(O)Cc1ccccc1C. The van der Waals surface area contributed by atoms with Crippen LogP contribution in [0.5, 0.6) is 0 Å². The molecule has 0 spiro atoms. The van der Waals surface area contributed by atoms with E-state index in [1.807, 2.05) is 19.1 Å². The summed E-state index contributed by atoms with van der Waals surface area (Å²) in [6.45, 7) is 5.40. The number of hydrogen-bond donors (Lipinski definition) is 1. The predicted octanol–water partition coefficient (Wildman–Crippen LogP) is 2.33. The average Bonchev–Trinajstić information content (AvgIpc) is 2.22. The summed E-state index contributed by atoms with van der Waals surface area (Å²) in [6.07, 6.45) is 1.14. The van der Waals surface area contributed by atoms with Crippen LogP contribution in [0.25, 0.3) is 0 Å². The highest BCUT2D eigenvalue weighted by Gasteiger charge is 2.06. The van der Waals surface area contributed by atoms with Gasteiger partial charge in [0, 0.05) is 13.2 Å². The number of hydrogen-bond acceptors (Lipinski definition) is 2. The maximum atomic E-state index is 9.77. The van der Waals surface area contributed by atoms with Crippen molar-refractivity contribution in [3.63, 3.8) is 0 Å². The number of rotatable bonds is 6. The van der Waals surface area contributed by atoms with Crippen LogP contribution in [0.15, 0.2) is 24.3 Å². The van der Waals surface area contributed by atoms with Gasteiger partial charge in [-0.05, 0) is 37.8 Å². The molecule has 1 unspecified atom stereocenters. The Morgan fingerprint density at radius 3 is 2.73 bits per heavy atom. The van der Waals surface area contributed by atoms with E-state index in [2.05, 4.69) is 19.1 Å². The number of aryl methyl sites for hydroxylation is 1. The number of benzene rings is 1. The van der Waals surface area contributed by atoms with Gasteiger partial charge in [-0.1, -0.05) is 24.3 Å². The zero-order valence-corrected chi connectivity index (χ0v) is 9.57. The van der Waals surface area contributed by atoms with E-state index in [1.54, 1.807) is 0 Å². The Kier molecular flexibility index (Phi) is 5.37. The summed E-state index contributed by atoms with van der Waals surface area (Å²) in [7, 11) is 0. The summed E-state index contributed by atoms with van der Waals surface area (Å²) < 4.78 is 5.21. The van der Waals surface area contributed by atoms with Crippen LogP contribution in [0, 0.1) is 6.92 Å². The molecule has 1 aromatic rings. The Bertz CT molecular complexity index is 284. The highest BCUT2D eigenvalue weighted by atomic mass is 16.5. The van der Waals surface area contributed by atoms with Crippen molar-refractivity contribution >= 4 is 0 Å². The summed E-state index contributed by atoms with van der Waals surface area (Å²) in [5.41, 5.74) is 2.47. The molecule has 0 radical (unpaired) electrons. The van der Waals surface area contributed by atoms with Gasteiger partial charge < -0.3 is 9.84 Å². The molecule has 0 saturated heterocycles. The largest absolute Gasteiger partial charge is 0.393 e. The maximum Gasteiger partial charge on any atom is 0.0602 e. The minimum Gasteiger partial charge on any atom is -0.393 e. The Labute approximate surface area is 91.9 Å². The average molecular weight is 208 g/mol. The highest BCUT2D eigenvalue weighted by molar-refractivity contribution is 5.26. The zero-order chi connectivity index (χ0) is 11.1. The lowest BCUT2D eigenvalue weighted by molar-refractivity contribution is 0.0886. The van der Waals surface area contributed by atoms with Crippen molar-refractivity contribution in [1.82, 2.24) is 0 Å². The molecule has 1 rings (SSSR count). The molecule has 0 amide bonds. The van der Waals surface area contributed by atoms with E-state index in [1.165, 1.54) is 11.1 Å². The minimum absolute atomic E-state index is 0.294. The zero-order valence-electron chi connectivity index (χ0n) is 9.57. The molecule has 0 aliphatic rings. The van der Waals surface area contributed by atoms with Gasteiger partial charge in [0.1, 0.15) is 0 Å². The van der Waals surface area contributed by atoms with Crippen molar-refractivity contribution in [3.8, 4) is 0 Å². The first-order valence-corrected chi connectivity index (χ1v) is 5.54. The monoisotopic (exact) mass is 208 g/mol. The minimum atomic E-state index is -0.294. The van der Waals surface area contributed by atoms with Gasteiger partial charge in [-0.2, -0.15) is 0 Å². The lowest BCUT2D eigenvalue weighted by Gasteiger charge is -2.12. The van der Waals surface area contributed by atoms with Crippen LogP contribution < -0.4 is 0 Å². The van der Waals surface area contributed by atoms with Crippen molar-refractivity contribution in [3.05, 3.63) is 35.4 Å². The lowest BCUT2D eigenvalue weighted by atomic mass is 10.0. The fourth-order valence-electron chi connectivity index (χ4n) is 1.56. The quantitative estimate of drug-likeness (QED) is 0.727. The van der Waals surface area contributed by atoms with Gasteiger partial charge in [0.05, 0.1) is 6.10 Å². The molecule has 2 nitrogen and oxygen atoms in total. The molecule has 2 heteroatoms. The molecular formula is C13H20O2. The van der Waals surface area contributed by atoms with Gasteiger partial charge in [-0.3, -0.25) is 0 Å².